The smallest absolute Gasteiger partial charge is 0.256 e. The monoisotopic (exact) mass is 479 g/mol. The number of amides is 3. The van der Waals surface area contributed by atoms with Crippen LogP contribution in [0.2, 0.25) is 0 Å². The second-order valence-corrected chi connectivity index (χ2v) is 11.6. The third kappa shape index (κ3) is 4.45. The maximum atomic E-state index is 13.6. The molecule has 2 aliphatic rings. The van der Waals surface area contributed by atoms with Gasteiger partial charge in [-0.1, -0.05) is 68.3 Å². The molecule has 34 heavy (non-hydrogen) atoms. The number of rotatable bonds is 7. The van der Waals surface area contributed by atoms with Crippen molar-refractivity contribution in [3.63, 3.8) is 0 Å². The van der Waals surface area contributed by atoms with E-state index in [4.69, 9.17) is 0 Å². The summed E-state index contributed by atoms with van der Waals surface area (Å²) in [6.07, 6.45) is 0.739. The lowest BCUT2D eigenvalue weighted by atomic mass is 9.95. The van der Waals surface area contributed by atoms with Crippen LogP contribution >= 0.6 is 11.8 Å². The van der Waals surface area contributed by atoms with Crippen molar-refractivity contribution in [2.45, 2.75) is 69.8 Å². The van der Waals surface area contributed by atoms with Gasteiger partial charge in [0.25, 0.3) is 5.91 Å². The molecule has 4 rings (SSSR count). The molecule has 4 atom stereocenters. The maximum Gasteiger partial charge on any atom is 0.256 e. The molecule has 1 fully saturated rings. The molecule has 180 valence electrons. The second-order valence-electron chi connectivity index (χ2n) is 9.85. The molecule has 2 aliphatic heterocycles. The first-order chi connectivity index (χ1) is 16.1. The fraction of sp³-hybridized carbons (Fsp3) is 0.444. The van der Waals surface area contributed by atoms with Crippen LogP contribution in [0.15, 0.2) is 48.5 Å². The van der Waals surface area contributed by atoms with Gasteiger partial charge in [0.2, 0.25) is 11.8 Å². The molecule has 0 unspecified atom stereocenters. The van der Waals surface area contributed by atoms with Crippen molar-refractivity contribution in [2.75, 3.05) is 0 Å². The van der Waals surface area contributed by atoms with Gasteiger partial charge in [0.1, 0.15) is 17.5 Å². The molecule has 2 aromatic carbocycles. The number of fused-ring (bicyclic) bond motifs is 3. The predicted octanol–water partition coefficient (Wildman–Crippen LogP) is 4.19. The first kappa shape index (κ1) is 24.3. The molecule has 0 bridgehead atoms. The zero-order chi connectivity index (χ0) is 24.6. The van der Waals surface area contributed by atoms with Gasteiger partial charge < -0.3 is 15.5 Å². The average molecular weight is 480 g/mol. The number of carbonyl (C=O) groups excluding carboxylic acids is 3. The third-order valence-corrected chi connectivity index (χ3v) is 8.46. The Hall–Kier alpha value is -2.80. The Morgan fingerprint density at radius 1 is 1.12 bits per heavy atom. The standard InChI is InChI=1S/C27H33N3O3S/c1-6-17(3)21(23(31)28-15-18-13-11-16(2)12-14-18)29-24(32)22-27(4,5)34-26-20-10-8-7-9-19(20)25(33)30(22)26/h7-14,17,21-22,26H,6,15H2,1-5H3,(H,28,31)(H,29,32)/t17-,21-,22-,26+/m0/s1. The van der Waals surface area contributed by atoms with E-state index in [0.717, 1.165) is 23.1 Å². The molecule has 0 aliphatic carbocycles. The normalized spacial score (nSPS) is 22.0. The average Bonchev–Trinajstić information content (AvgIpc) is 3.25. The summed E-state index contributed by atoms with van der Waals surface area (Å²) in [6.45, 7) is 10.4. The van der Waals surface area contributed by atoms with Crippen molar-refractivity contribution in [3.05, 3.63) is 70.8 Å². The molecule has 2 N–H and O–H groups in total. The van der Waals surface area contributed by atoms with Gasteiger partial charge in [0.15, 0.2) is 0 Å². The summed E-state index contributed by atoms with van der Waals surface area (Å²) in [5, 5.41) is 5.80. The van der Waals surface area contributed by atoms with Crippen molar-refractivity contribution >= 4 is 29.5 Å². The van der Waals surface area contributed by atoms with Crippen LogP contribution in [0.3, 0.4) is 0 Å². The van der Waals surface area contributed by atoms with Crippen LogP contribution in [-0.2, 0) is 16.1 Å². The Kier molecular flexibility index (Phi) is 6.76. The highest BCUT2D eigenvalue weighted by Gasteiger charge is 2.57. The number of nitrogens with zero attached hydrogens (tertiary/aromatic N) is 1. The minimum Gasteiger partial charge on any atom is -0.350 e. The minimum absolute atomic E-state index is 0.0543. The summed E-state index contributed by atoms with van der Waals surface area (Å²) in [4.78, 5) is 41.7. The third-order valence-electron chi connectivity index (χ3n) is 6.93. The van der Waals surface area contributed by atoms with Gasteiger partial charge in [-0.2, -0.15) is 0 Å². The van der Waals surface area contributed by atoms with E-state index in [1.165, 1.54) is 0 Å². The van der Waals surface area contributed by atoms with Crippen molar-refractivity contribution in [1.82, 2.24) is 15.5 Å². The molecular formula is C27H33N3O3S. The van der Waals surface area contributed by atoms with E-state index in [1.807, 2.05) is 83.1 Å². The van der Waals surface area contributed by atoms with Gasteiger partial charge in [0.05, 0.1) is 0 Å². The first-order valence-corrected chi connectivity index (χ1v) is 12.7. The molecule has 6 nitrogen and oxygen atoms in total. The Labute approximate surface area is 205 Å². The second kappa shape index (κ2) is 9.45. The molecular weight excluding hydrogens is 446 g/mol. The van der Waals surface area contributed by atoms with Crippen molar-refractivity contribution in [2.24, 2.45) is 5.92 Å². The lowest BCUT2D eigenvalue weighted by Crippen LogP contribution is -2.58. The van der Waals surface area contributed by atoms with E-state index >= 15 is 0 Å². The van der Waals surface area contributed by atoms with E-state index in [2.05, 4.69) is 10.6 Å². The summed E-state index contributed by atoms with van der Waals surface area (Å²) in [7, 11) is 0. The maximum absolute atomic E-state index is 13.6. The van der Waals surface area contributed by atoms with E-state index in [0.29, 0.717) is 12.1 Å². The lowest BCUT2D eigenvalue weighted by Gasteiger charge is -2.32. The Bertz CT molecular complexity index is 1100. The van der Waals surface area contributed by atoms with Crippen LogP contribution in [-0.4, -0.2) is 39.5 Å². The highest BCUT2D eigenvalue weighted by molar-refractivity contribution is 8.01. The number of thioether (sulfide) groups is 1. The molecule has 0 radical (unpaired) electrons. The van der Waals surface area contributed by atoms with Gasteiger partial charge in [-0.3, -0.25) is 14.4 Å². The summed E-state index contributed by atoms with van der Waals surface area (Å²) in [6, 6.07) is 14.2. The summed E-state index contributed by atoms with van der Waals surface area (Å²) in [5.41, 5.74) is 3.77. The molecule has 2 heterocycles. The van der Waals surface area contributed by atoms with Gasteiger partial charge in [-0.25, -0.2) is 0 Å². The molecule has 0 saturated carbocycles. The molecule has 0 aromatic heterocycles. The zero-order valence-electron chi connectivity index (χ0n) is 20.4. The van der Waals surface area contributed by atoms with E-state index in [-0.39, 0.29) is 29.0 Å². The van der Waals surface area contributed by atoms with Gasteiger partial charge in [0, 0.05) is 16.9 Å². The van der Waals surface area contributed by atoms with Gasteiger partial charge in [-0.15, -0.1) is 11.8 Å². The quantitative estimate of drug-likeness (QED) is 0.624. The Morgan fingerprint density at radius 3 is 2.47 bits per heavy atom. The lowest BCUT2D eigenvalue weighted by molar-refractivity contribution is -0.133. The van der Waals surface area contributed by atoms with Crippen LogP contribution in [0, 0.1) is 12.8 Å². The first-order valence-electron chi connectivity index (χ1n) is 11.9. The van der Waals surface area contributed by atoms with Gasteiger partial charge in [-0.05, 0) is 43.9 Å². The minimum atomic E-state index is -0.678. The van der Waals surface area contributed by atoms with E-state index < -0.39 is 16.8 Å². The number of aryl methyl sites for hydroxylation is 1. The summed E-state index contributed by atoms with van der Waals surface area (Å²) >= 11 is 1.62. The number of nitrogens with one attached hydrogen (secondary N) is 2. The number of benzene rings is 2. The topological polar surface area (TPSA) is 78.5 Å². The highest BCUT2D eigenvalue weighted by Crippen LogP contribution is 2.56. The Morgan fingerprint density at radius 2 is 1.79 bits per heavy atom. The number of carbonyl (C=O) groups is 3. The van der Waals surface area contributed by atoms with Gasteiger partial charge >= 0.3 is 0 Å². The van der Waals surface area contributed by atoms with Crippen LogP contribution < -0.4 is 10.6 Å². The van der Waals surface area contributed by atoms with E-state index in [9.17, 15) is 14.4 Å². The van der Waals surface area contributed by atoms with Crippen molar-refractivity contribution in [1.29, 1.82) is 0 Å². The highest BCUT2D eigenvalue weighted by atomic mass is 32.2. The number of hydrogen-bond donors (Lipinski definition) is 2. The van der Waals surface area contributed by atoms with Crippen LogP contribution in [0.5, 0.6) is 0 Å². The largest absolute Gasteiger partial charge is 0.350 e. The van der Waals surface area contributed by atoms with E-state index in [1.54, 1.807) is 16.7 Å². The van der Waals surface area contributed by atoms with Crippen LogP contribution in [0.25, 0.3) is 0 Å². The fourth-order valence-corrected chi connectivity index (χ4v) is 6.33. The van der Waals surface area contributed by atoms with Crippen molar-refractivity contribution < 1.29 is 14.4 Å². The van der Waals surface area contributed by atoms with Crippen molar-refractivity contribution in [3.8, 4) is 0 Å². The molecule has 0 spiro atoms. The van der Waals surface area contributed by atoms with Crippen LogP contribution in [0.4, 0.5) is 0 Å². The molecule has 2 aromatic rings. The summed E-state index contributed by atoms with van der Waals surface area (Å²) < 4.78 is -0.490. The number of hydrogen-bond acceptors (Lipinski definition) is 4. The van der Waals surface area contributed by atoms with Crippen LogP contribution in [0.1, 0.15) is 66.5 Å². The summed E-state index contributed by atoms with van der Waals surface area (Å²) in [5.74, 6) is -0.666. The predicted molar refractivity (Wildman–Crippen MR) is 135 cm³/mol. The Balaban J connectivity index is 1.51. The molecule has 1 saturated heterocycles. The fourth-order valence-electron chi connectivity index (χ4n) is 4.74. The zero-order valence-corrected chi connectivity index (χ0v) is 21.2. The SMILES string of the molecule is CC[C@H](C)[C@H](NC(=O)[C@@H]1N2C(=O)c3ccccc3[C@H]2SC1(C)C)C(=O)NCc1ccc(C)cc1. The molecule has 7 heteroatoms. The molecule has 3 amide bonds.